The van der Waals surface area contributed by atoms with E-state index in [1.54, 1.807) is 0 Å². The Balaban J connectivity index is 1.76. The molecule has 0 radical (unpaired) electrons. The molecule has 2 rings (SSSR count). The summed E-state index contributed by atoms with van der Waals surface area (Å²) in [6, 6.07) is 4.92. The molecule has 0 spiro atoms. The summed E-state index contributed by atoms with van der Waals surface area (Å²) in [5.41, 5.74) is 1.89. The number of para-hydroxylation sites is 1. The Morgan fingerprint density at radius 1 is 1.03 bits per heavy atom. The van der Waals surface area contributed by atoms with Crippen LogP contribution in [0.1, 0.15) is 75.8 Å². The van der Waals surface area contributed by atoms with Crippen molar-refractivity contribution < 1.29 is 23.9 Å². The van der Waals surface area contributed by atoms with Crippen LogP contribution in [0.5, 0.6) is 5.75 Å². The number of rotatable bonds is 14. The summed E-state index contributed by atoms with van der Waals surface area (Å²) in [6.07, 6.45) is 9.18. The molecule has 7 heteroatoms. The van der Waals surface area contributed by atoms with Crippen LogP contribution in [0.2, 0.25) is 0 Å². The molecule has 33 heavy (non-hydrogen) atoms. The first-order valence-corrected chi connectivity index (χ1v) is 12.4. The Morgan fingerprint density at radius 2 is 1.67 bits per heavy atom. The highest BCUT2D eigenvalue weighted by Crippen LogP contribution is 2.22. The first-order chi connectivity index (χ1) is 15.9. The zero-order valence-corrected chi connectivity index (χ0v) is 20.5. The van der Waals surface area contributed by atoms with E-state index in [1.165, 1.54) is 37.0 Å². The molecule has 1 atom stereocenters. The molecule has 1 heterocycles. The third-order valence-corrected chi connectivity index (χ3v) is 6.02. The van der Waals surface area contributed by atoms with Crippen LogP contribution in [-0.2, 0) is 19.1 Å². The van der Waals surface area contributed by atoms with Crippen molar-refractivity contribution in [1.29, 1.82) is 0 Å². The van der Waals surface area contributed by atoms with E-state index in [1.807, 2.05) is 32.0 Å². The van der Waals surface area contributed by atoms with E-state index >= 15 is 0 Å². The lowest BCUT2D eigenvalue weighted by Gasteiger charge is -2.34. The van der Waals surface area contributed by atoms with Crippen molar-refractivity contribution in [3.63, 3.8) is 0 Å². The topological polar surface area (TPSA) is 84.9 Å². The Morgan fingerprint density at radius 3 is 2.33 bits per heavy atom. The number of carbonyl (C=O) groups is 3. The predicted octanol–water partition coefficient (Wildman–Crippen LogP) is 4.08. The molecular weight excluding hydrogens is 420 g/mol. The van der Waals surface area contributed by atoms with E-state index in [9.17, 15) is 14.4 Å². The maximum absolute atomic E-state index is 12.8. The zero-order chi connectivity index (χ0) is 24.1. The number of nitrogens with one attached hydrogen (secondary N) is 1. The summed E-state index contributed by atoms with van der Waals surface area (Å²) < 4.78 is 11.1. The number of hydrogen-bond acceptors (Lipinski definition) is 5. The molecule has 0 bridgehead atoms. The molecule has 1 aromatic carbocycles. The van der Waals surface area contributed by atoms with E-state index < -0.39 is 12.0 Å². The average Bonchev–Trinajstić information content (AvgIpc) is 2.79. The minimum atomic E-state index is -0.862. The van der Waals surface area contributed by atoms with Crippen molar-refractivity contribution in [2.24, 2.45) is 0 Å². The number of piperazine rings is 1. The fourth-order valence-electron chi connectivity index (χ4n) is 4.10. The van der Waals surface area contributed by atoms with Gasteiger partial charge in [-0.1, -0.05) is 70.1 Å². The minimum absolute atomic E-state index is 0.141. The molecule has 1 aromatic rings. The molecule has 7 nitrogen and oxygen atoms in total. The van der Waals surface area contributed by atoms with E-state index in [4.69, 9.17) is 9.47 Å². The molecule has 1 unspecified atom stereocenters. The van der Waals surface area contributed by atoms with Gasteiger partial charge in [0.2, 0.25) is 5.91 Å². The number of nitrogens with zero attached hydrogens (tertiary/aromatic N) is 1. The van der Waals surface area contributed by atoms with E-state index in [0.29, 0.717) is 25.4 Å². The fraction of sp³-hybridized carbons (Fsp3) is 0.654. The Labute approximate surface area is 198 Å². The molecular formula is C26H40N2O5. The van der Waals surface area contributed by atoms with Gasteiger partial charge in [0.15, 0.2) is 6.61 Å². The fourth-order valence-corrected chi connectivity index (χ4v) is 4.10. The summed E-state index contributed by atoms with van der Waals surface area (Å²) in [4.78, 5) is 39.0. The highest BCUT2D eigenvalue weighted by atomic mass is 16.5. The highest BCUT2D eigenvalue weighted by molar-refractivity contribution is 5.92. The monoisotopic (exact) mass is 460 g/mol. The van der Waals surface area contributed by atoms with Gasteiger partial charge >= 0.3 is 5.97 Å². The van der Waals surface area contributed by atoms with Crippen LogP contribution >= 0.6 is 0 Å². The molecule has 1 saturated heterocycles. The second-order valence-corrected chi connectivity index (χ2v) is 8.80. The van der Waals surface area contributed by atoms with Gasteiger partial charge in [-0.05, 0) is 31.4 Å². The normalized spacial score (nSPS) is 15.8. The van der Waals surface area contributed by atoms with Gasteiger partial charge in [-0.2, -0.15) is 0 Å². The van der Waals surface area contributed by atoms with Crippen molar-refractivity contribution in [1.82, 2.24) is 10.2 Å². The number of hydrogen-bond donors (Lipinski definition) is 1. The largest absolute Gasteiger partial charge is 0.483 e. The summed E-state index contributed by atoms with van der Waals surface area (Å²) in [5, 5.41) is 2.74. The van der Waals surface area contributed by atoms with Crippen LogP contribution in [0.15, 0.2) is 18.2 Å². The SMILES string of the molecule is CCCCCCCCCCOC(=O)CC1C(=O)NCCN1C(=O)COc1c(C)cccc1C. The molecule has 1 N–H and O–H groups in total. The molecule has 0 saturated carbocycles. The van der Waals surface area contributed by atoms with E-state index in [-0.39, 0.29) is 24.8 Å². The third kappa shape index (κ3) is 9.06. The van der Waals surface area contributed by atoms with E-state index in [0.717, 1.165) is 30.4 Å². The second-order valence-electron chi connectivity index (χ2n) is 8.80. The molecule has 1 fully saturated rings. The lowest BCUT2D eigenvalue weighted by molar-refractivity contribution is -0.152. The molecule has 0 aromatic heterocycles. The third-order valence-electron chi connectivity index (χ3n) is 6.02. The average molecular weight is 461 g/mol. The van der Waals surface area contributed by atoms with E-state index in [2.05, 4.69) is 12.2 Å². The highest BCUT2D eigenvalue weighted by Gasteiger charge is 2.35. The van der Waals surface area contributed by atoms with Crippen molar-refractivity contribution in [3.8, 4) is 5.75 Å². The number of esters is 1. The number of benzene rings is 1. The summed E-state index contributed by atoms with van der Waals surface area (Å²) in [6.45, 7) is 6.93. The Kier molecular flexibility index (Phi) is 11.8. The Hall–Kier alpha value is -2.57. The molecule has 184 valence electrons. The molecule has 0 aliphatic carbocycles. The summed E-state index contributed by atoms with van der Waals surface area (Å²) in [7, 11) is 0. The van der Waals surface area contributed by atoms with Gasteiger partial charge in [-0.15, -0.1) is 0 Å². The molecule has 1 aliphatic heterocycles. The van der Waals surface area contributed by atoms with Gasteiger partial charge in [0.25, 0.3) is 5.91 Å². The van der Waals surface area contributed by atoms with Crippen molar-refractivity contribution >= 4 is 17.8 Å². The van der Waals surface area contributed by atoms with Crippen molar-refractivity contribution in [2.45, 2.75) is 84.6 Å². The van der Waals surface area contributed by atoms with Crippen LogP contribution in [0.4, 0.5) is 0 Å². The zero-order valence-electron chi connectivity index (χ0n) is 20.5. The van der Waals surface area contributed by atoms with Crippen LogP contribution in [0, 0.1) is 13.8 Å². The van der Waals surface area contributed by atoms with Gasteiger partial charge in [0, 0.05) is 13.1 Å². The van der Waals surface area contributed by atoms with Crippen molar-refractivity contribution in [2.75, 3.05) is 26.3 Å². The molecule has 2 amide bonds. The Bertz CT molecular complexity index is 760. The lowest BCUT2D eigenvalue weighted by Crippen LogP contribution is -2.58. The minimum Gasteiger partial charge on any atom is -0.483 e. The van der Waals surface area contributed by atoms with Crippen LogP contribution < -0.4 is 10.1 Å². The number of aryl methyl sites for hydroxylation is 2. The maximum atomic E-state index is 12.8. The van der Waals surface area contributed by atoms with Gasteiger partial charge in [0.05, 0.1) is 13.0 Å². The lowest BCUT2D eigenvalue weighted by atomic mass is 10.1. The van der Waals surface area contributed by atoms with Crippen molar-refractivity contribution in [3.05, 3.63) is 29.3 Å². The summed E-state index contributed by atoms with van der Waals surface area (Å²) >= 11 is 0. The first kappa shape index (κ1) is 26.7. The van der Waals surface area contributed by atoms with Gasteiger partial charge < -0.3 is 19.7 Å². The maximum Gasteiger partial charge on any atom is 0.308 e. The van der Waals surface area contributed by atoms with Crippen LogP contribution in [-0.4, -0.2) is 55.0 Å². The number of unbranched alkanes of at least 4 members (excludes halogenated alkanes) is 7. The quantitative estimate of drug-likeness (QED) is 0.334. The first-order valence-electron chi connectivity index (χ1n) is 12.4. The van der Waals surface area contributed by atoms with Gasteiger partial charge in [0.1, 0.15) is 11.8 Å². The van der Waals surface area contributed by atoms with Gasteiger partial charge in [-0.3, -0.25) is 14.4 Å². The number of amides is 2. The molecule has 1 aliphatic rings. The standard InChI is InChI=1S/C26H40N2O5/c1-4-5-6-7-8-9-10-11-17-32-24(30)18-22-26(31)27-15-16-28(22)23(29)19-33-25-20(2)13-12-14-21(25)3/h12-14,22H,4-11,15-19H2,1-3H3,(H,27,31). The van der Waals surface area contributed by atoms with Crippen LogP contribution in [0.3, 0.4) is 0 Å². The number of carbonyl (C=O) groups excluding carboxylic acids is 3. The smallest absolute Gasteiger partial charge is 0.308 e. The second kappa shape index (κ2) is 14.6. The predicted molar refractivity (Wildman–Crippen MR) is 128 cm³/mol. The summed E-state index contributed by atoms with van der Waals surface area (Å²) in [5.74, 6) is -0.416. The van der Waals surface area contributed by atoms with Crippen LogP contribution in [0.25, 0.3) is 0 Å². The number of ether oxygens (including phenoxy) is 2. The van der Waals surface area contributed by atoms with Gasteiger partial charge in [-0.25, -0.2) is 0 Å².